The van der Waals surface area contributed by atoms with Crippen LogP contribution in [0, 0.1) is 0 Å². The van der Waals surface area contributed by atoms with E-state index in [4.69, 9.17) is 5.73 Å². The number of esters is 1. The van der Waals surface area contributed by atoms with Crippen molar-refractivity contribution in [2.75, 3.05) is 13.7 Å². The summed E-state index contributed by atoms with van der Waals surface area (Å²) in [5.41, 5.74) is 5.65. The van der Waals surface area contributed by atoms with Crippen LogP contribution in [0.15, 0.2) is 23.2 Å². The number of methoxy groups -OCH3 is 1. The van der Waals surface area contributed by atoms with Crippen LogP contribution in [0.25, 0.3) is 0 Å². The highest BCUT2D eigenvalue weighted by Gasteiger charge is 2.16. The Kier molecular flexibility index (Phi) is 4.70. The van der Waals surface area contributed by atoms with Crippen molar-refractivity contribution in [2.24, 2.45) is 5.73 Å². The van der Waals surface area contributed by atoms with Crippen LogP contribution in [0.1, 0.15) is 5.69 Å². The molecule has 0 unspecified atom stereocenters. The lowest BCUT2D eigenvalue weighted by Gasteiger charge is -2.05. The molecule has 0 radical (unpaired) electrons. The summed E-state index contributed by atoms with van der Waals surface area (Å²) in [4.78, 5) is 14.6. The van der Waals surface area contributed by atoms with E-state index in [2.05, 4.69) is 26.7 Å². The minimum absolute atomic E-state index is 0.0708. The number of carbonyl (C=O) groups excluding carboxylic acids is 1. The molecule has 0 aliphatic carbocycles. The van der Waals surface area contributed by atoms with Crippen LogP contribution in [-0.2, 0) is 19.6 Å². The zero-order valence-electron chi connectivity index (χ0n) is 9.41. The molecule has 0 atom stereocenters. The molecule has 0 amide bonds. The first-order chi connectivity index (χ1) is 8.36. The highest BCUT2D eigenvalue weighted by Crippen LogP contribution is 2.07. The van der Waals surface area contributed by atoms with Crippen LogP contribution >= 0.6 is 12.2 Å². The number of hydrogen-bond acceptors (Lipinski definition) is 6. The fourth-order valence-electron chi connectivity index (χ4n) is 0.994. The Morgan fingerprint density at radius 1 is 1.56 bits per heavy atom. The Bertz CT molecular complexity index is 554. The minimum Gasteiger partial charge on any atom is -0.468 e. The number of nitrogens with zero attached hydrogens (tertiary/aromatic N) is 1. The fraction of sp³-hybridized carbons (Fsp3) is 0.222. The second-order valence-corrected chi connectivity index (χ2v) is 5.35. The topological polar surface area (TPSA) is 111 Å². The van der Waals surface area contributed by atoms with Crippen molar-refractivity contribution < 1.29 is 17.9 Å². The monoisotopic (exact) mass is 289 g/mol. The molecule has 9 heteroatoms. The minimum atomic E-state index is -3.81. The van der Waals surface area contributed by atoms with Gasteiger partial charge in [0.05, 0.1) is 12.8 Å². The number of nitrogens with one attached hydrogen (secondary N) is 1. The first kappa shape index (κ1) is 14.5. The van der Waals surface area contributed by atoms with Gasteiger partial charge in [0.15, 0.2) is 0 Å². The SMILES string of the molecule is COC(=O)CNS(=O)(=O)c1ccc(C(N)=S)nc1. The molecule has 0 fully saturated rings. The van der Waals surface area contributed by atoms with Crippen LogP contribution in [0.4, 0.5) is 0 Å². The van der Waals surface area contributed by atoms with Crippen molar-refractivity contribution in [3.8, 4) is 0 Å². The molecule has 0 aromatic carbocycles. The van der Waals surface area contributed by atoms with E-state index in [1.54, 1.807) is 0 Å². The number of ether oxygens (including phenoxy) is 1. The number of aromatic nitrogens is 1. The maximum Gasteiger partial charge on any atom is 0.320 e. The van der Waals surface area contributed by atoms with Gasteiger partial charge in [-0.1, -0.05) is 12.2 Å². The third-order valence-corrected chi connectivity index (χ3v) is 3.53. The predicted molar refractivity (Wildman–Crippen MR) is 67.3 cm³/mol. The van der Waals surface area contributed by atoms with E-state index in [1.807, 2.05) is 0 Å². The molecule has 1 rings (SSSR count). The van der Waals surface area contributed by atoms with Gasteiger partial charge in [-0.2, -0.15) is 4.72 Å². The van der Waals surface area contributed by atoms with E-state index in [1.165, 1.54) is 12.1 Å². The maximum atomic E-state index is 11.7. The number of carbonyl (C=O) groups is 1. The summed E-state index contributed by atoms with van der Waals surface area (Å²) in [6.45, 7) is -0.449. The van der Waals surface area contributed by atoms with Crippen molar-refractivity contribution in [2.45, 2.75) is 4.90 Å². The lowest BCUT2D eigenvalue weighted by molar-refractivity contribution is -0.139. The zero-order chi connectivity index (χ0) is 13.8. The molecule has 98 valence electrons. The van der Waals surface area contributed by atoms with E-state index in [-0.39, 0.29) is 9.88 Å². The third kappa shape index (κ3) is 3.72. The largest absolute Gasteiger partial charge is 0.468 e. The molecule has 0 saturated carbocycles. The molecule has 7 nitrogen and oxygen atoms in total. The van der Waals surface area contributed by atoms with Crippen LogP contribution in [0.3, 0.4) is 0 Å². The van der Waals surface area contributed by atoms with Gasteiger partial charge in [-0.3, -0.25) is 9.78 Å². The summed E-state index contributed by atoms with van der Waals surface area (Å²) < 4.78 is 29.8. The first-order valence-electron chi connectivity index (χ1n) is 4.69. The van der Waals surface area contributed by atoms with Crippen molar-refractivity contribution in [3.63, 3.8) is 0 Å². The highest BCUT2D eigenvalue weighted by molar-refractivity contribution is 7.89. The average molecular weight is 289 g/mol. The molecule has 18 heavy (non-hydrogen) atoms. The molecule has 0 bridgehead atoms. The Hall–Kier alpha value is -1.58. The third-order valence-electron chi connectivity index (χ3n) is 1.93. The maximum absolute atomic E-state index is 11.7. The number of nitrogens with two attached hydrogens (primary N) is 1. The van der Waals surface area contributed by atoms with Gasteiger partial charge >= 0.3 is 5.97 Å². The van der Waals surface area contributed by atoms with Gasteiger partial charge in [0.25, 0.3) is 0 Å². The zero-order valence-corrected chi connectivity index (χ0v) is 11.0. The number of hydrogen-bond donors (Lipinski definition) is 2. The average Bonchev–Trinajstić information content (AvgIpc) is 2.36. The van der Waals surface area contributed by atoms with Crippen molar-refractivity contribution in [3.05, 3.63) is 24.0 Å². The molecule has 0 aliphatic rings. The molecule has 1 aromatic heterocycles. The summed E-state index contributed by atoms with van der Waals surface area (Å²) in [6, 6.07) is 2.68. The summed E-state index contributed by atoms with van der Waals surface area (Å²) >= 11 is 4.69. The molecule has 0 spiro atoms. The fourth-order valence-corrected chi connectivity index (χ4v) is 2.03. The molecule has 0 saturated heterocycles. The van der Waals surface area contributed by atoms with E-state index >= 15 is 0 Å². The van der Waals surface area contributed by atoms with Crippen molar-refractivity contribution in [1.29, 1.82) is 0 Å². The smallest absolute Gasteiger partial charge is 0.320 e. The second-order valence-electron chi connectivity index (χ2n) is 3.14. The summed E-state index contributed by atoms with van der Waals surface area (Å²) in [5.74, 6) is -0.689. The van der Waals surface area contributed by atoms with Crippen molar-refractivity contribution >= 4 is 33.2 Å². The molecule has 0 aliphatic heterocycles. The molecule has 3 N–H and O–H groups in total. The van der Waals surface area contributed by atoms with E-state index < -0.39 is 22.5 Å². The van der Waals surface area contributed by atoms with E-state index in [0.29, 0.717) is 5.69 Å². The summed E-state index contributed by atoms with van der Waals surface area (Å²) in [6.07, 6.45) is 1.11. The normalized spacial score (nSPS) is 10.9. The second kappa shape index (κ2) is 5.85. The van der Waals surface area contributed by atoms with E-state index in [9.17, 15) is 13.2 Å². The Morgan fingerprint density at radius 2 is 2.22 bits per heavy atom. The predicted octanol–water partition coefficient (Wildman–Crippen LogP) is -0.833. The molecular formula is C9H11N3O4S2. The standard InChI is InChI=1S/C9H11N3O4S2/c1-16-8(13)5-12-18(14,15)6-2-3-7(9(10)17)11-4-6/h2-4,12H,5H2,1H3,(H2,10,17). The van der Waals surface area contributed by atoms with E-state index in [0.717, 1.165) is 13.3 Å². The number of sulfonamides is 1. The quantitative estimate of drug-likeness (QED) is 0.537. The van der Waals surface area contributed by atoms with Gasteiger partial charge in [0, 0.05) is 6.20 Å². The Labute approximate surface area is 109 Å². The van der Waals surface area contributed by atoms with Crippen molar-refractivity contribution in [1.82, 2.24) is 9.71 Å². The van der Waals surface area contributed by atoms with Gasteiger partial charge < -0.3 is 10.5 Å². The molecule has 1 heterocycles. The van der Waals surface area contributed by atoms with Crippen LogP contribution in [0.5, 0.6) is 0 Å². The lowest BCUT2D eigenvalue weighted by Crippen LogP contribution is -2.30. The van der Waals surface area contributed by atoms with Crippen LogP contribution in [-0.4, -0.2) is 38.0 Å². The van der Waals surface area contributed by atoms with Gasteiger partial charge in [0.1, 0.15) is 16.4 Å². The van der Waals surface area contributed by atoms with Gasteiger partial charge in [0.2, 0.25) is 10.0 Å². The number of rotatable bonds is 5. The molecular weight excluding hydrogens is 278 g/mol. The highest BCUT2D eigenvalue weighted by atomic mass is 32.2. The van der Waals surface area contributed by atoms with Gasteiger partial charge in [-0.25, -0.2) is 8.42 Å². The molecule has 1 aromatic rings. The van der Waals surface area contributed by atoms with Crippen LogP contribution in [0.2, 0.25) is 0 Å². The number of pyridine rings is 1. The van der Waals surface area contributed by atoms with Gasteiger partial charge in [-0.05, 0) is 12.1 Å². The summed E-state index contributed by atoms with van der Waals surface area (Å²) in [5, 5.41) is 0. The van der Waals surface area contributed by atoms with Gasteiger partial charge in [-0.15, -0.1) is 0 Å². The lowest BCUT2D eigenvalue weighted by atomic mass is 10.3. The first-order valence-corrected chi connectivity index (χ1v) is 6.58. The summed E-state index contributed by atoms with van der Waals surface area (Å²) in [7, 11) is -2.64. The Morgan fingerprint density at radius 3 is 2.67 bits per heavy atom. The Balaban J connectivity index is 2.85. The number of thiocarbonyl (C=S) groups is 1. The van der Waals surface area contributed by atoms with Crippen LogP contribution < -0.4 is 10.5 Å².